The molecule has 1 amide bonds. The van der Waals surface area contributed by atoms with E-state index in [4.69, 9.17) is 9.47 Å². The molecule has 0 radical (unpaired) electrons. The Balaban J connectivity index is 1.46. The fraction of sp³-hybridized carbons (Fsp3) is 0.391. The number of piperazine rings is 1. The van der Waals surface area contributed by atoms with Crippen LogP contribution in [-0.4, -0.2) is 56.5 Å². The van der Waals surface area contributed by atoms with Gasteiger partial charge < -0.3 is 19.3 Å². The van der Waals surface area contributed by atoms with Crippen molar-refractivity contribution in [1.29, 1.82) is 0 Å². The number of ether oxygens (including phenoxy) is 2. The van der Waals surface area contributed by atoms with Crippen LogP contribution < -0.4 is 14.4 Å². The molecule has 1 saturated heterocycles. The van der Waals surface area contributed by atoms with Crippen LogP contribution in [0.25, 0.3) is 0 Å². The van der Waals surface area contributed by atoms with Crippen LogP contribution in [0.5, 0.6) is 11.5 Å². The first-order valence-corrected chi connectivity index (χ1v) is 10.0. The molecular formula is C23H28N2O4. The van der Waals surface area contributed by atoms with Crippen LogP contribution in [0.2, 0.25) is 0 Å². The minimum atomic E-state index is -0.0172. The Hall–Kier alpha value is -3.02. The number of nitrogens with zero attached hydrogens (tertiary/aromatic N) is 2. The number of ketones is 1. The van der Waals surface area contributed by atoms with Crippen LogP contribution in [0.4, 0.5) is 5.69 Å². The number of carbonyl (C=O) groups is 2. The maximum atomic E-state index is 12.5. The second-order valence-electron chi connectivity index (χ2n) is 6.95. The lowest BCUT2D eigenvalue weighted by molar-refractivity contribution is -0.131. The fourth-order valence-electron chi connectivity index (χ4n) is 3.45. The molecule has 0 unspecified atom stereocenters. The van der Waals surface area contributed by atoms with Gasteiger partial charge in [-0.05, 0) is 43.3 Å². The average molecular weight is 396 g/mol. The fourth-order valence-corrected chi connectivity index (χ4v) is 3.45. The van der Waals surface area contributed by atoms with Gasteiger partial charge in [0.2, 0.25) is 5.91 Å². The van der Waals surface area contributed by atoms with Crippen LogP contribution >= 0.6 is 0 Å². The van der Waals surface area contributed by atoms with Crippen LogP contribution in [0.15, 0.2) is 48.5 Å². The standard InChI is InChI=1S/C23H28N2O4/c1-3-29-20-9-7-18(8-10-20)22(26)11-12-23(27)25-15-13-24(14-16-25)19-5-4-6-21(17-19)28-2/h4-10,17H,3,11-16H2,1-2H3. The summed E-state index contributed by atoms with van der Waals surface area (Å²) in [5.41, 5.74) is 1.71. The van der Waals surface area contributed by atoms with Crippen molar-refractivity contribution >= 4 is 17.4 Å². The summed E-state index contributed by atoms with van der Waals surface area (Å²) in [5.74, 6) is 1.59. The molecule has 0 aliphatic carbocycles. The normalized spacial score (nSPS) is 13.9. The first kappa shape index (κ1) is 20.7. The molecule has 0 saturated carbocycles. The molecule has 1 aliphatic rings. The lowest BCUT2D eigenvalue weighted by Crippen LogP contribution is -2.48. The Morgan fingerprint density at radius 3 is 2.31 bits per heavy atom. The quantitative estimate of drug-likeness (QED) is 0.640. The number of hydrogen-bond donors (Lipinski definition) is 0. The molecule has 0 atom stereocenters. The van der Waals surface area contributed by atoms with E-state index in [0.717, 1.165) is 30.3 Å². The molecule has 1 fully saturated rings. The smallest absolute Gasteiger partial charge is 0.223 e. The molecule has 1 heterocycles. The Kier molecular flexibility index (Phi) is 7.11. The highest BCUT2D eigenvalue weighted by atomic mass is 16.5. The predicted molar refractivity (Wildman–Crippen MR) is 113 cm³/mol. The molecular weight excluding hydrogens is 368 g/mol. The van der Waals surface area contributed by atoms with Crippen molar-refractivity contribution in [3.05, 3.63) is 54.1 Å². The minimum absolute atomic E-state index is 0.0172. The molecule has 154 valence electrons. The third-order valence-corrected chi connectivity index (χ3v) is 5.10. The van der Waals surface area contributed by atoms with Crippen molar-refractivity contribution in [3.8, 4) is 11.5 Å². The monoisotopic (exact) mass is 396 g/mol. The second kappa shape index (κ2) is 9.96. The summed E-state index contributed by atoms with van der Waals surface area (Å²) >= 11 is 0. The molecule has 0 aromatic heterocycles. The van der Waals surface area contributed by atoms with Crippen molar-refractivity contribution in [1.82, 2.24) is 4.90 Å². The van der Waals surface area contributed by atoms with Gasteiger partial charge in [-0.2, -0.15) is 0 Å². The van der Waals surface area contributed by atoms with Gasteiger partial charge in [0.25, 0.3) is 0 Å². The van der Waals surface area contributed by atoms with Crippen molar-refractivity contribution in [2.24, 2.45) is 0 Å². The minimum Gasteiger partial charge on any atom is -0.497 e. The number of amides is 1. The maximum absolute atomic E-state index is 12.5. The number of anilines is 1. The van der Waals surface area contributed by atoms with E-state index in [1.807, 2.05) is 30.0 Å². The summed E-state index contributed by atoms with van der Waals surface area (Å²) in [4.78, 5) is 29.0. The largest absolute Gasteiger partial charge is 0.497 e. The Morgan fingerprint density at radius 2 is 1.66 bits per heavy atom. The van der Waals surface area contributed by atoms with E-state index in [1.54, 1.807) is 31.4 Å². The number of carbonyl (C=O) groups excluding carboxylic acids is 2. The molecule has 2 aromatic rings. The van der Waals surface area contributed by atoms with E-state index in [1.165, 1.54) is 0 Å². The van der Waals surface area contributed by atoms with Crippen LogP contribution in [0.1, 0.15) is 30.1 Å². The van der Waals surface area contributed by atoms with Crippen molar-refractivity contribution in [2.75, 3.05) is 44.8 Å². The average Bonchev–Trinajstić information content (AvgIpc) is 2.78. The Morgan fingerprint density at radius 1 is 0.931 bits per heavy atom. The zero-order chi connectivity index (χ0) is 20.6. The van der Waals surface area contributed by atoms with Crippen LogP contribution in [0, 0.1) is 0 Å². The van der Waals surface area contributed by atoms with Gasteiger partial charge in [0, 0.05) is 56.3 Å². The van der Waals surface area contributed by atoms with E-state index in [-0.39, 0.29) is 24.5 Å². The predicted octanol–water partition coefficient (Wildman–Crippen LogP) is 3.41. The molecule has 6 heteroatoms. The highest BCUT2D eigenvalue weighted by molar-refractivity contribution is 5.98. The first-order chi connectivity index (χ1) is 14.1. The van der Waals surface area contributed by atoms with E-state index in [2.05, 4.69) is 11.0 Å². The maximum Gasteiger partial charge on any atom is 0.223 e. The Labute approximate surface area is 172 Å². The molecule has 3 rings (SSSR count). The van der Waals surface area contributed by atoms with Crippen LogP contribution in [0.3, 0.4) is 0 Å². The first-order valence-electron chi connectivity index (χ1n) is 10.0. The lowest BCUT2D eigenvalue weighted by Gasteiger charge is -2.36. The van der Waals surface area contributed by atoms with E-state index >= 15 is 0 Å². The highest BCUT2D eigenvalue weighted by Crippen LogP contribution is 2.22. The number of benzene rings is 2. The molecule has 0 bridgehead atoms. The topological polar surface area (TPSA) is 59.1 Å². The second-order valence-corrected chi connectivity index (χ2v) is 6.95. The molecule has 2 aromatic carbocycles. The molecule has 0 N–H and O–H groups in total. The summed E-state index contributed by atoms with van der Waals surface area (Å²) in [7, 11) is 1.66. The van der Waals surface area contributed by atoms with Gasteiger partial charge in [-0.1, -0.05) is 6.07 Å². The summed E-state index contributed by atoms with van der Waals surface area (Å²) in [5, 5.41) is 0. The van der Waals surface area contributed by atoms with E-state index in [0.29, 0.717) is 25.3 Å². The highest BCUT2D eigenvalue weighted by Gasteiger charge is 2.22. The third-order valence-electron chi connectivity index (χ3n) is 5.10. The van der Waals surface area contributed by atoms with Crippen molar-refractivity contribution in [3.63, 3.8) is 0 Å². The van der Waals surface area contributed by atoms with Gasteiger partial charge in [-0.25, -0.2) is 0 Å². The van der Waals surface area contributed by atoms with Gasteiger partial charge in [0.15, 0.2) is 5.78 Å². The Bertz CT molecular complexity index is 827. The number of hydrogen-bond acceptors (Lipinski definition) is 5. The lowest BCUT2D eigenvalue weighted by atomic mass is 10.1. The van der Waals surface area contributed by atoms with Crippen molar-refractivity contribution in [2.45, 2.75) is 19.8 Å². The van der Waals surface area contributed by atoms with Gasteiger partial charge in [-0.15, -0.1) is 0 Å². The van der Waals surface area contributed by atoms with E-state index < -0.39 is 0 Å². The molecule has 1 aliphatic heterocycles. The number of methoxy groups -OCH3 is 1. The zero-order valence-electron chi connectivity index (χ0n) is 17.1. The summed E-state index contributed by atoms with van der Waals surface area (Å²) in [6, 6.07) is 15.0. The molecule has 6 nitrogen and oxygen atoms in total. The summed E-state index contributed by atoms with van der Waals surface area (Å²) in [6.07, 6.45) is 0.466. The van der Waals surface area contributed by atoms with Crippen molar-refractivity contribution < 1.29 is 19.1 Å². The van der Waals surface area contributed by atoms with Gasteiger partial charge in [-0.3, -0.25) is 9.59 Å². The third kappa shape index (κ3) is 5.50. The van der Waals surface area contributed by atoms with E-state index in [9.17, 15) is 9.59 Å². The summed E-state index contributed by atoms with van der Waals surface area (Å²) in [6.45, 7) is 5.37. The van der Waals surface area contributed by atoms with Crippen LogP contribution in [-0.2, 0) is 4.79 Å². The number of Topliss-reactive ketones (excluding diaryl/α,β-unsaturated/α-hetero) is 1. The molecule has 29 heavy (non-hydrogen) atoms. The SMILES string of the molecule is CCOc1ccc(C(=O)CCC(=O)N2CCN(c3cccc(OC)c3)CC2)cc1. The van der Waals surface area contributed by atoms with Gasteiger partial charge in [0.05, 0.1) is 13.7 Å². The molecule has 0 spiro atoms. The van der Waals surface area contributed by atoms with Gasteiger partial charge >= 0.3 is 0 Å². The zero-order valence-corrected chi connectivity index (χ0v) is 17.1. The summed E-state index contributed by atoms with van der Waals surface area (Å²) < 4.78 is 10.7. The number of rotatable bonds is 8. The van der Waals surface area contributed by atoms with Gasteiger partial charge in [0.1, 0.15) is 11.5 Å².